The first kappa shape index (κ1) is 14.9. The van der Waals surface area contributed by atoms with Crippen molar-refractivity contribution in [3.63, 3.8) is 0 Å². The van der Waals surface area contributed by atoms with Crippen molar-refractivity contribution in [1.29, 1.82) is 0 Å². The van der Waals surface area contributed by atoms with Crippen LogP contribution in [0.15, 0.2) is 30.3 Å². The molecule has 116 valence electrons. The van der Waals surface area contributed by atoms with E-state index in [4.69, 9.17) is 4.74 Å². The number of hydrogen-bond donors (Lipinski definition) is 2. The van der Waals surface area contributed by atoms with Gasteiger partial charge in [-0.2, -0.15) is 0 Å². The van der Waals surface area contributed by atoms with Crippen LogP contribution in [0.5, 0.6) is 0 Å². The van der Waals surface area contributed by atoms with Gasteiger partial charge in [0.1, 0.15) is 16.6 Å². The van der Waals surface area contributed by atoms with Gasteiger partial charge in [0.25, 0.3) is 0 Å². The van der Waals surface area contributed by atoms with E-state index in [0.717, 1.165) is 28.5 Å². The van der Waals surface area contributed by atoms with Crippen molar-refractivity contribution in [2.45, 2.75) is 32.0 Å². The zero-order valence-electron chi connectivity index (χ0n) is 12.1. The van der Waals surface area contributed by atoms with Gasteiger partial charge in [0, 0.05) is 0 Å². The third-order valence-electron chi connectivity index (χ3n) is 3.44. The molecular weight excluding hydrogens is 300 g/mol. The van der Waals surface area contributed by atoms with Gasteiger partial charge in [0.2, 0.25) is 0 Å². The Kier molecular flexibility index (Phi) is 4.97. The monoisotopic (exact) mass is 318 g/mol. The van der Waals surface area contributed by atoms with Gasteiger partial charge in [-0.3, -0.25) is 0 Å². The first-order chi connectivity index (χ1) is 10.8. The van der Waals surface area contributed by atoms with Gasteiger partial charge in [-0.05, 0) is 24.9 Å². The van der Waals surface area contributed by atoms with E-state index >= 15 is 0 Å². The van der Waals surface area contributed by atoms with Gasteiger partial charge in [0.15, 0.2) is 0 Å². The average molecular weight is 318 g/mol. The van der Waals surface area contributed by atoms with Crippen LogP contribution < -0.4 is 10.6 Å². The predicted molar refractivity (Wildman–Crippen MR) is 83.4 cm³/mol. The molecule has 0 saturated carbocycles. The van der Waals surface area contributed by atoms with Crippen LogP contribution in [0.3, 0.4) is 0 Å². The summed E-state index contributed by atoms with van der Waals surface area (Å²) < 4.78 is 5.15. The van der Waals surface area contributed by atoms with Crippen molar-refractivity contribution in [1.82, 2.24) is 20.8 Å². The van der Waals surface area contributed by atoms with Gasteiger partial charge in [-0.25, -0.2) is 4.79 Å². The minimum absolute atomic E-state index is 0.264. The second kappa shape index (κ2) is 7.33. The second-order valence-corrected chi connectivity index (χ2v) is 6.19. The van der Waals surface area contributed by atoms with Crippen molar-refractivity contribution in [3.05, 3.63) is 45.9 Å². The molecule has 1 saturated heterocycles. The van der Waals surface area contributed by atoms with Crippen molar-refractivity contribution in [2.75, 3.05) is 6.54 Å². The third-order valence-corrected chi connectivity index (χ3v) is 4.47. The van der Waals surface area contributed by atoms with Gasteiger partial charge >= 0.3 is 6.09 Å². The van der Waals surface area contributed by atoms with E-state index in [1.807, 2.05) is 30.3 Å². The highest BCUT2D eigenvalue weighted by molar-refractivity contribution is 7.11. The minimum atomic E-state index is -0.445. The van der Waals surface area contributed by atoms with Gasteiger partial charge in [-0.1, -0.05) is 41.7 Å². The van der Waals surface area contributed by atoms with E-state index in [1.165, 1.54) is 17.8 Å². The molecule has 1 atom stereocenters. The lowest BCUT2D eigenvalue weighted by atomic mass is 10.2. The summed E-state index contributed by atoms with van der Waals surface area (Å²) in [4.78, 5) is 11.7. The fourth-order valence-electron chi connectivity index (χ4n) is 2.30. The zero-order chi connectivity index (χ0) is 15.2. The molecule has 1 aromatic heterocycles. The fraction of sp³-hybridized carbons (Fsp3) is 0.400. The normalized spacial score (nSPS) is 17.4. The Labute approximate surface area is 132 Å². The number of amides is 1. The number of alkyl carbamates (subject to hydrolysis) is 1. The molecule has 1 aliphatic heterocycles. The highest BCUT2D eigenvalue weighted by Crippen LogP contribution is 2.25. The van der Waals surface area contributed by atoms with Crippen LogP contribution >= 0.6 is 11.3 Å². The summed E-state index contributed by atoms with van der Waals surface area (Å²) in [5, 5.41) is 16.2. The molecule has 3 rings (SSSR count). The predicted octanol–water partition coefficient (Wildman–Crippen LogP) is 2.39. The van der Waals surface area contributed by atoms with Crippen molar-refractivity contribution >= 4 is 17.4 Å². The molecule has 0 radical (unpaired) electrons. The van der Waals surface area contributed by atoms with Crippen molar-refractivity contribution < 1.29 is 9.53 Å². The number of nitrogens with zero attached hydrogens (tertiary/aromatic N) is 2. The fourth-order valence-corrected chi connectivity index (χ4v) is 3.19. The van der Waals surface area contributed by atoms with Crippen LogP contribution in [0.25, 0.3) is 0 Å². The summed E-state index contributed by atoms with van der Waals surface area (Å²) in [5.74, 6) is 0. The van der Waals surface area contributed by atoms with E-state index in [2.05, 4.69) is 20.8 Å². The Morgan fingerprint density at radius 3 is 3.00 bits per heavy atom. The minimum Gasteiger partial charge on any atom is -0.445 e. The number of ether oxygens (including phenoxy) is 1. The number of carbonyl (C=O) groups excluding carboxylic acids is 1. The lowest BCUT2D eigenvalue weighted by Gasteiger charge is -2.05. The molecule has 2 heterocycles. The lowest BCUT2D eigenvalue weighted by Crippen LogP contribution is -2.23. The smallest absolute Gasteiger partial charge is 0.407 e. The summed E-state index contributed by atoms with van der Waals surface area (Å²) >= 11 is 1.53. The van der Waals surface area contributed by atoms with E-state index in [1.54, 1.807) is 0 Å². The zero-order valence-corrected chi connectivity index (χ0v) is 12.9. The molecule has 0 bridgehead atoms. The molecule has 22 heavy (non-hydrogen) atoms. The van der Waals surface area contributed by atoms with Crippen LogP contribution in [0.1, 0.15) is 34.5 Å². The van der Waals surface area contributed by atoms with Crippen molar-refractivity contribution in [3.8, 4) is 0 Å². The van der Waals surface area contributed by atoms with E-state index in [0.29, 0.717) is 12.6 Å². The number of aromatic nitrogens is 2. The van der Waals surface area contributed by atoms with Crippen LogP contribution in [-0.4, -0.2) is 22.8 Å². The molecule has 1 aliphatic rings. The third kappa shape index (κ3) is 4.02. The number of hydrogen-bond acceptors (Lipinski definition) is 6. The molecule has 1 amide bonds. The standard InChI is InChI=1S/C15H18N4O2S/c20-15(21-10-11-5-2-1-3-6-11)17-9-13-18-19-14(22-13)12-7-4-8-16-12/h1-3,5-6,12,16H,4,7-10H2,(H,17,20). The Morgan fingerprint density at radius 1 is 1.36 bits per heavy atom. The maximum atomic E-state index is 11.7. The van der Waals surface area contributed by atoms with Gasteiger partial charge in [-0.15, -0.1) is 10.2 Å². The molecule has 2 aromatic rings. The molecule has 1 fully saturated rings. The van der Waals surface area contributed by atoms with Crippen LogP contribution in [0.2, 0.25) is 0 Å². The first-order valence-electron chi connectivity index (χ1n) is 7.31. The SMILES string of the molecule is O=C(NCc1nnc(C2CCCN2)s1)OCc1ccccc1. The highest BCUT2D eigenvalue weighted by atomic mass is 32.1. The van der Waals surface area contributed by atoms with Crippen LogP contribution in [-0.2, 0) is 17.9 Å². The van der Waals surface area contributed by atoms with E-state index < -0.39 is 6.09 Å². The lowest BCUT2D eigenvalue weighted by molar-refractivity contribution is 0.139. The molecule has 6 nitrogen and oxygen atoms in total. The van der Waals surface area contributed by atoms with Crippen LogP contribution in [0, 0.1) is 0 Å². The largest absolute Gasteiger partial charge is 0.445 e. The Hall–Kier alpha value is -1.99. The summed E-state index contributed by atoms with van der Waals surface area (Å²) in [7, 11) is 0. The number of benzene rings is 1. The molecule has 7 heteroatoms. The summed E-state index contributed by atoms with van der Waals surface area (Å²) in [6, 6.07) is 9.90. The topological polar surface area (TPSA) is 76.1 Å². The first-order valence-corrected chi connectivity index (χ1v) is 8.13. The molecule has 0 aliphatic carbocycles. The molecular formula is C15H18N4O2S. The average Bonchev–Trinajstić information content (AvgIpc) is 3.22. The number of carbonyl (C=O) groups is 1. The second-order valence-electron chi connectivity index (χ2n) is 5.10. The molecule has 1 aromatic carbocycles. The molecule has 2 N–H and O–H groups in total. The van der Waals surface area contributed by atoms with Crippen molar-refractivity contribution in [2.24, 2.45) is 0 Å². The maximum absolute atomic E-state index is 11.7. The highest BCUT2D eigenvalue weighted by Gasteiger charge is 2.20. The van der Waals surface area contributed by atoms with Gasteiger partial charge < -0.3 is 15.4 Å². The van der Waals surface area contributed by atoms with Crippen LogP contribution in [0.4, 0.5) is 4.79 Å². The maximum Gasteiger partial charge on any atom is 0.407 e. The quantitative estimate of drug-likeness (QED) is 0.885. The Morgan fingerprint density at radius 2 is 2.23 bits per heavy atom. The van der Waals surface area contributed by atoms with Gasteiger partial charge in [0.05, 0.1) is 12.6 Å². The molecule has 1 unspecified atom stereocenters. The summed E-state index contributed by atoms with van der Waals surface area (Å²) in [5.41, 5.74) is 0.961. The molecule has 0 spiro atoms. The number of rotatable bonds is 5. The summed E-state index contributed by atoms with van der Waals surface area (Å²) in [6.45, 7) is 1.64. The van der Waals surface area contributed by atoms with E-state index in [-0.39, 0.29) is 6.61 Å². The number of nitrogens with one attached hydrogen (secondary N) is 2. The van der Waals surface area contributed by atoms with E-state index in [9.17, 15) is 4.79 Å². The Bertz CT molecular complexity index is 611. The summed E-state index contributed by atoms with van der Waals surface area (Å²) in [6.07, 6.45) is 1.82. The Balaban J connectivity index is 1.43.